The number of aliphatic imine (C=N–C) groups is 1. The van der Waals surface area contributed by atoms with Gasteiger partial charge in [0.25, 0.3) is 0 Å². The van der Waals surface area contributed by atoms with E-state index in [9.17, 15) is 9.00 Å². The Labute approximate surface area is 159 Å². The van der Waals surface area contributed by atoms with Crippen molar-refractivity contribution < 1.29 is 13.7 Å². The summed E-state index contributed by atoms with van der Waals surface area (Å²) in [6.07, 6.45) is 4.10. The zero-order chi connectivity index (χ0) is 16.5. The van der Waals surface area contributed by atoms with Gasteiger partial charge < -0.3 is 15.4 Å². The summed E-state index contributed by atoms with van der Waals surface area (Å²) in [6, 6.07) is 0.286. The topological polar surface area (TPSA) is 79.8 Å². The zero-order valence-corrected chi connectivity index (χ0v) is 17.6. The van der Waals surface area contributed by atoms with Gasteiger partial charge in [-0.3, -0.25) is 14.0 Å². The standard InChI is InChI=1S/C15H29N3O3S.HI/c1-5-22(20)13-8-6-7-12(9-13)18-15(16-3)17-10-11(2)14(19)21-4;/h11-13H,5-10H2,1-4H3,(H2,16,17,18);1H. The molecule has 4 atom stereocenters. The smallest absolute Gasteiger partial charge is 0.310 e. The number of esters is 1. The molecule has 8 heteroatoms. The molecule has 1 rings (SSSR count). The summed E-state index contributed by atoms with van der Waals surface area (Å²) < 4.78 is 16.7. The number of halogens is 1. The molecule has 0 aromatic heterocycles. The van der Waals surface area contributed by atoms with Crippen LogP contribution in [0.3, 0.4) is 0 Å². The fraction of sp³-hybridized carbons (Fsp3) is 0.867. The second kappa shape index (κ2) is 12.0. The third kappa shape index (κ3) is 7.82. The van der Waals surface area contributed by atoms with Crippen molar-refractivity contribution in [3.63, 3.8) is 0 Å². The molecule has 0 aromatic carbocycles. The minimum atomic E-state index is -0.731. The lowest BCUT2D eigenvalue weighted by molar-refractivity contribution is -0.144. The van der Waals surface area contributed by atoms with Gasteiger partial charge in [0, 0.05) is 41.4 Å². The predicted molar refractivity (Wildman–Crippen MR) is 106 cm³/mol. The summed E-state index contributed by atoms with van der Waals surface area (Å²) in [4.78, 5) is 15.6. The number of carbonyl (C=O) groups excluding carboxylic acids is 1. The summed E-state index contributed by atoms with van der Waals surface area (Å²) in [5.74, 6) is 0.944. The van der Waals surface area contributed by atoms with Crippen LogP contribution in [0.25, 0.3) is 0 Å². The summed E-state index contributed by atoms with van der Waals surface area (Å²) in [6.45, 7) is 4.26. The molecule has 0 heterocycles. The van der Waals surface area contributed by atoms with Gasteiger partial charge >= 0.3 is 5.97 Å². The van der Waals surface area contributed by atoms with Crippen LogP contribution >= 0.6 is 24.0 Å². The molecule has 0 bridgehead atoms. The summed E-state index contributed by atoms with van der Waals surface area (Å²) >= 11 is 0. The Kier molecular flexibility index (Phi) is 11.9. The monoisotopic (exact) mass is 459 g/mol. The van der Waals surface area contributed by atoms with Gasteiger partial charge in [0.1, 0.15) is 0 Å². The molecule has 6 nitrogen and oxygen atoms in total. The van der Waals surface area contributed by atoms with Crippen LogP contribution in [0.1, 0.15) is 39.5 Å². The Morgan fingerprint density at radius 3 is 2.70 bits per heavy atom. The summed E-state index contributed by atoms with van der Waals surface area (Å²) in [5.41, 5.74) is 0. The van der Waals surface area contributed by atoms with E-state index in [1.807, 2.05) is 13.8 Å². The largest absolute Gasteiger partial charge is 0.469 e. The van der Waals surface area contributed by atoms with Crippen LogP contribution in [0.15, 0.2) is 4.99 Å². The second-order valence-corrected chi connectivity index (χ2v) is 7.68. The Morgan fingerprint density at radius 1 is 1.43 bits per heavy atom. The highest BCUT2D eigenvalue weighted by Crippen LogP contribution is 2.22. The van der Waals surface area contributed by atoms with Gasteiger partial charge in [-0.1, -0.05) is 20.3 Å². The summed E-state index contributed by atoms with van der Waals surface area (Å²) in [5, 5.41) is 6.81. The first-order valence-electron chi connectivity index (χ1n) is 7.93. The Morgan fingerprint density at radius 2 is 2.13 bits per heavy atom. The van der Waals surface area contributed by atoms with Crippen LogP contribution in [0, 0.1) is 5.92 Å². The molecule has 0 radical (unpaired) electrons. The van der Waals surface area contributed by atoms with E-state index in [-0.39, 0.29) is 47.2 Å². The van der Waals surface area contributed by atoms with Crippen LogP contribution in [0.2, 0.25) is 0 Å². The van der Waals surface area contributed by atoms with Crippen molar-refractivity contribution in [3.05, 3.63) is 0 Å². The molecule has 2 N–H and O–H groups in total. The Hall–Kier alpha value is -0.380. The first-order chi connectivity index (χ1) is 10.5. The van der Waals surface area contributed by atoms with E-state index < -0.39 is 10.8 Å². The fourth-order valence-corrected chi connectivity index (χ4v) is 4.02. The molecule has 0 aliphatic heterocycles. The highest BCUT2D eigenvalue weighted by molar-refractivity contribution is 14.0. The van der Waals surface area contributed by atoms with Crippen molar-refractivity contribution in [1.29, 1.82) is 0 Å². The zero-order valence-electron chi connectivity index (χ0n) is 14.5. The van der Waals surface area contributed by atoms with E-state index in [1.165, 1.54) is 7.11 Å². The molecular formula is C15H30IN3O3S. The van der Waals surface area contributed by atoms with E-state index in [1.54, 1.807) is 7.05 Å². The number of guanidine groups is 1. The minimum absolute atomic E-state index is 0. The molecule has 0 saturated heterocycles. The Bertz CT molecular complexity index is 421. The van der Waals surface area contributed by atoms with E-state index >= 15 is 0 Å². The third-order valence-electron chi connectivity index (χ3n) is 4.03. The fourth-order valence-electron chi connectivity index (χ4n) is 2.67. The van der Waals surface area contributed by atoms with E-state index in [2.05, 4.69) is 15.6 Å². The predicted octanol–water partition coefficient (Wildman–Crippen LogP) is 1.66. The lowest BCUT2D eigenvalue weighted by atomic mass is 9.95. The maximum atomic E-state index is 12.0. The van der Waals surface area contributed by atoms with Gasteiger partial charge in [0.05, 0.1) is 13.0 Å². The summed E-state index contributed by atoms with van der Waals surface area (Å²) in [7, 11) is 2.37. The highest BCUT2D eigenvalue weighted by Gasteiger charge is 2.26. The number of nitrogens with zero attached hydrogens (tertiary/aromatic N) is 1. The molecule has 1 aliphatic carbocycles. The SMILES string of the molecule is CCS(=O)C1CCCC(NC(=NC)NCC(C)C(=O)OC)C1.I. The number of hydrogen-bond donors (Lipinski definition) is 2. The van der Waals surface area contributed by atoms with Crippen LogP contribution in [0.5, 0.6) is 0 Å². The van der Waals surface area contributed by atoms with E-state index in [0.717, 1.165) is 31.4 Å². The van der Waals surface area contributed by atoms with E-state index in [4.69, 9.17) is 4.74 Å². The number of methoxy groups -OCH3 is 1. The van der Waals surface area contributed by atoms with Gasteiger partial charge in [0.15, 0.2) is 5.96 Å². The maximum absolute atomic E-state index is 12.0. The normalized spacial score (nSPS) is 24.1. The van der Waals surface area contributed by atoms with Crippen molar-refractivity contribution in [2.45, 2.75) is 50.8 Å². The van der Waals surface area contributed by atoms with Crippen LogP contribution < -0.4 is 10.6 Å². The third-order valence-corrected chi connectivity index (χ3v) is 5.77. The molecule has 4 unspecified atom stereocenters. The molecule has 0 aromatic rings. The minimum Gasteiger partial charge on any atom is -0.469 e. The molecule has 23 heavy (non-hydrogen) atoms. The number of nitrogens with one attached hydrogen (secondary N) is 2. The number of ether oxygens (including phenoxy) is 1. The average molecular weight is 459 g/mol. The van der Waals surface area contributed by atoms with Crippen LogP contribution in [-0.4, -0.2) is 53.9 Å². The lowest BCUT2D eigenvalue weighted by Gasteiger charge is -2.30. The van der Waals surface area contributed by atoms with Gasteiger partial charge in [0.2, 0.25) is 0 Å². The Balaban J connectivity index is 0.00000484. The molecular weight excluding hydrogens is 429 g/mol. The van der Waals surface area contributed by atoms with Crippen LogP contribution in [-0.2, 0) is 20.3 Å². The number of carbonyl (C=O) groups is 1. The molecule has 1 saturated carbocycles. The quantitative estimate of drug-likeness (QED) is 0.273. The first kappa shape index (κ1) is 22.6. The molecule has 1 aliphatic rings. The molecule has 0 amide bonds. The van der Waals surface area contributed by atoms with Gasteiger partial charge in [-0.2, -0.15) is 0 Å². The molecule has 0 spiro atoms. The van der Waals surface area contributed by atoms with E-state index in [0.29, 0.717) is 12.5 Å². The van der Waals surface area contributed by atoms with Crippen molar-refractivity contribution in [2.24, 2.45) is 10.9 Å². The highest BCUT2D eigenvalue weighted by atomic mass is 127. The van der Waals surface area contributed by atoms with Crippen molar-refractivity contribution in [2.75, 3.05) is 26.5 Å². The molecule has 136 valence electrons. The van der Waals surface area contributed by atoms with Crippen molar-refractivity contribution >= 4 is 46.7 Å². The average Bonchev–Trinajstić information content (AvgIpc) is 2.56. The maximum Gasteiger partial charge on any atom is 0.310 e. The second-order valence-electron chi connectivity index (χ2n) is 5.68. The number of rotatable bonds is 6. The van der Waals surface area contributed by atoms with Gasteiger partial charge in [-0.05, 0) is 19.3 Å². The first-order valence-corrected chi connectivity index (χ1v) is 9.32. The van der Waals surface area contributed by atoms with Crippen molar-refractivity contribution in [3.8, 4) is 0 Å². The molecule has 1 fully saturated rings. The van der Waals surface area contributed by atoms with Crippen LogP contribution in [0.4, 0.5) is 0 Å². The van der Waals surface area contributed by atoms with Gasteiger partial charge in [-0.15, -0.1) is 24.0 Å². The lowest BCUT2D eigenvalue weighted by Crippen LogP contribution is -2.48. The number of hydrogen-bond acceptors (Lipinski definition) is 4. The van der Waals surface area contributed by atoms with Gasteiger partial charge in [-0.25, -0.2) is 0 Å². The van der Waals surface area contributed by atoms with Crippen molar-refractivity contribution in [1.82, 2.24) is 10.6 Å².